The molecule has 0 saturated heterocycles. The third kappa shape index (κ3) is 9.39. The Morgan fingerprint density at radius 2 is 1.80 bits per heavy atom. The number of guanidine groups is 1. The van der Waals surface area contributed by atoms with Gasteiger partial charge in [-0.3, -0.25) is 4.99 Å². The lowest BCUT2D eigenvalue weighted by Gasteiger charge is -2.29. The van der Waals surface area contributed by atoms with E-state index in [1.807, 2.05) is 4.57 Å². The molecular weight excluding hydrogens is 431 g/mol. The first kappa shape index (κ1) is 24.1. The van der Waals surface area contributed by atoms with Crippen LogP contribution < -0.4 is 10.6 Å². The van der Waals surface area contributed by atoms with E-state index in [9.17, 15) is 5.11 Å². The molecule has 0 aliphatic heterocycles. The highest BCUT2D eigenvalue weighted by Crippen LogP contribution is 2.30. The molecule has 3 N–H and O–H groups in total. The Balaban J connectivity index is 0.00000576. The van der Waals surface area contributed by atoms with E-state index in [2.05, 4.69) is 41.6 Å². The van der Waals surface area contributed by atoms with Crippen molar-refractivity contribution in [3.05, 3.63) is 12.7 Å². The highest BCUT2D eigenvalue weighted by Gasteiger charge is 2.25. The smallest absolute Gasteiger partial charge is 0.191 e. The summed E-state index contributed by atoms with van der Waals surface area (Å²) in [4.78, 5) is 4.75. The van der Waals surface area contributed by atoms with Crippen LogP contribution in [0.1, 0.15) is 52.9 Å². The SMILES string of the molecule is CCNC(=NCC(CC)(CC)CCO)NCCCCn1cnnc1.I. The fourth-order valence-corrected chi connectivity index (χ4v) is 2.70. The van der Waals surface area contributed by atoms with Gasteiger partial charge in [0, 0.05) is 32.8 Å². The Kier molecular flexibility index (Phi) is 13.8. The van der Waals surface area contributed by atoms with E-state index in [0.29, 0.717) is 0 Å². The molecule has 146 valence electrons. The lowest BCUT2D eigenvalue weighted by Crippen LogP contribution is -2.39. The van der Waals surface area contributed by atoms with Crippen molar-refractivity contribution in [2.75, 3.05) is 26.2 Å². The molecule has 1 aromatic heterocycles. The van der Waals surface area contributed by atoms with E-state index in [0.717, 1.165) is 64.2 Å². The maximum atomic E-state index is 9.32. The second-order valence-corrected chi connectivity index (χ2v) is 6.21. The van der Waals surface area contributed by atoms with Crippen molar-refractivity contribution in [2.45, 2.75) is 59.4 Å². The van der Waals surface area contributed by atoms with Crippen molar-refractivity contribution < 1.29 is 5.11 Å². The lowest BCUT2D eigenvalue weighted by molar-refractivity contribution is 0.175. The van der Waals surface area contributed by atoms with Gasteiger partial charge < -0.3 is 20.3 Å². The third-order valence-electron chi connectivity index (χ3n) is 4.66. The van der Waals surface area contributed by atoms with Gasteiger partial charge in [-0.15, -0.1) is 34.2 Å². The van der Waals surface area contributed by atoms with Gasteiger partial charge in [0.2, 0.25) is 0 Å². The monoisotopic (exact) mass is 466 g/mol. The van der Waals surface area contributed by atoms with E-state index >= 15 is 0 Å². The Hall–Kier alpha value is -0.900. The van der Waals surface area contributed by atoms with E-state index < -0.39 is 0 Å². The fourth-order valence-electron chi connectivity index (χ4n) is 2.70. The van der Waals surface area contributed by atoms with Gasteiger partial charge in [-0.2, -0.15) is 0 Å². The minimum atomic E-state index is 0. The number of aliphatic hydroxyl groups excluding tert-OH is 1. The summed E-state index contributed by atoms with van der Waals surface area (Å²) in [6.07, 6.45) is 8.50. The summed E-state index contributed by atoms with van der Waals surface area (Å²) < 4.78 is 1.99. The van der Waals surface area contributed by atoms with E-state index in [-0.39, 0.29) is 36.0 Å². The molecule has 0 aliphatic rings. The van der Waals surface area contributed by atoms with Gasteiger partial charge in [-0.1, -0.05) is 13.8 Å². The van der Waals surface area contributed by atoms with Crippen molar-refractivity contribution in [3.63, 3.8) is 0 Å². The Morgan fingerprint density at radius 1 is 1.12 bits per heavy atom. The number of hydrogen-bond donors (Lipinski definition) is 3. The number of nitrogens with one attached hydrogen (secondary N) is 2. The van der Waals surface area contributed by atoms with Gasteiger partial charge in [0.25, 0.3) is 0 Å². The number of rotatable bonds is 12. The third-order valence-corrected chi connectivity index (χ3v) is 4.66. The first-order chi connectivity index (χ1) is 11.7. The van der Waals surface area contributed by atoms with Crippen molar-refractivity contribution >= 4 is 29.9 Å². The van der Waals surface area contributed by atoms with Crippen molar-refractivity contribution in [1.29, 1.82) is 0 Å². The van der Waals surface area contributed by atoms with Gasteiger partial charge in [0.1, 0.15) is 12.7 Å². The fraction of sp³-hybridized carbons (Fsp3) is 0.824. The Morgan fingerprint density at radius 3 is 2.36 bits per heavy atom. The molecule has 0 aromatic carbocycles. The lowest BCUT2D eigenvalue weighted by atomic mass is 9.79. The minimum absolute atomic E-state index is 0. The van der Waals surface area contributed by atoms with Gasteiger partial charge >= 0.3 is 0 Å². The van der Waals surface area contributed by atoms with Gasteiger partial charge in [-0.05, 0) is 44.4 Å². The molecule has 1 rings (SSSR count). The van der Waals surface area contributed by atoms with Gasteiger partial charge in [0.15, 0.2) is 5.96 Å². The minimum Gasteiger partial charge on any atom is -0.396 e. The number of unbranched alkanes of at least 4 members (excludes halogenated alkanes) is 1. The molecule has 0 radical (unpaired) electrons. The van der Waals surface area contributed by atoms with Crippen LogP contribution in [0.25, 0.3) is 0 Å². The molecule has 0 bridgehead atoms. The van der Waals surface area contributed by atoms with Gasteiger partial charge in [0.05, 0.1) is 0 Å². The number of aliphatic imine (C=N–C) groups is 1. The highest BCUT2D eigenvalue weighted by atomic mass is 127. The maximum absolute atomic E-state index is 9.32. The molecule has 1 heterocycles. The standard InChI is InChI=1S/C17H34N6O.HI/c1-4-17(5-2,9-12-24)13-20-16(18-6-3)19-10-7-8-11-23-14-21-22-15-23;/h14-15,24H,4-13H2,1-3H3,(H2,18,19,20);1H. The van der Waals surface area contributed by atoms with Crippen LogP contribution in [0, 0.1) is 5.41 Å². The molecule has 7 nitrogen and oxygen atoms in total. The summed E-state index contributed by atoms with van der Waals surface area (Å²) in [7, 11) is 0. The summed E-state index contributed by atoms with van der Waals surface area (Å²) in [5.74, 6) is 0.867. The second kappa shape index (κ2) is 14.3. The van der Waals surface area contributed by atoms with E-state index in [1.165, 1.54) is 0 Å². The van der Waals surface area contributed by atoms with Crippen LogP contribution >= 0.6 is 24.0 Å². The zero-order valence-corrected chi connectivity index (χ0v) is 18.2. The van der Waals surface area contributed by atoms with Crippen molar-refractivity contribution in [2.24, 2.45) is 10.4 Å². The Labute approximate surface area is 169 Å². The number of hydrogen-bond acceptors (Lipinski definition) is 4. The molecule has 0 atom stereocenters. The molecule has 8 heteroatoms. The molecule has 0 fully saturated rings. The molecule has 0 unspecified atom stereocenters. The van der Waals surface area contributed by atoms with Crippen LogP contribution in [0.3, 0.4) is 0 Å². The van der Waals surface area contributed by atoms with Crippen molar-refractivity contribution in [3.8, 4) is 0 Å². The number of aryl methyl sites for hydroxylation is 1. The molecule has 25 heavy (non-hydrogen) atoms. The highest BCUT2D eigenvalue weighted by molar-refractivity contribution is 14.0. The van der Waals surface area contributed by atoms with E-state index in [4.69, 9.17) is 4.99 Å². The van der Waals surface area contributed by atoms with E-state index in [1.54, 1.807) is 12.7 Å². The summed E-state index contributed by atoms with van der Waals surface area (Å²) in [5, 5.41) is 23.6. The first-order valence-corrected chi connectivity index (χ1v) is 9.15. The summed E-state index contributed by atoms with van der Waals surface area (Å²) in [6.45, 7) is 10.1. The summed E-state index contributed by atoms with van der Waals surface area (Å²) in [5.41, 5.74) is 0.103. The molecule has 1 aromatic rings. The average molecular weight is 466 g/mol. The maximum Gasteiger partial charge on any atom is 0.191 e. The quantitative estimate of drug-likeness (QED) is 0.191. The molecule has 0 spiro atoms. The number of aliphatic hydroxyl groups is 1. The first-order valence-electron chi connectivity index (χ1n) is 9.15. The van der Waals surface area contributed by atoms with Gasteiger partial charge in [-0.25, -0.2) is 0 Å². The van der Waals surface area contributed by atoms with Crippen LogP contribution in [0.4, 0.5) is 0 Å². The van der Waals surface area contributed by atoms with Crippen LogP contribution in [0.5, 0.6) is 0 Å². The Bertz CT molecular complexity index is 448. The molecule has 0 saturated carbocycles. The van der Waals surface area contributed by atoms with Crippen LogP contribution in [-0.2, 0) is 6.54 Å². The second-order valence-electron chi connectivity index (χ2n) is 6.21. The molecular formula is C17H35IN6O. The zero-order valence-electron chi connectivity index (χ0n) is 15.9. The van der Waals surface area contributed by atoms with Crippen LogP contribution in [-0.4, -0.2) is 52.1 Å². The normalized spacial score (nSPS) is 11.9. The molecule has 0 aliphatic carbocycles. The predicted molar refractivity (Wildman–Crippen MR) is 113 cm³/mol. The number of nitrogens with zero attached hydrogens (tertiary/aromatic N) is 4. The van der Waals surface area contributed by atoms with Crippen LogP contribution in [0.15, 0.2) is 17.6 Å². The number of halogens is 1. The summed E-state index contributed by atoms with van der Waals surface area (Å²) >= 11 is 0. The molecule has 0 amide bonds. The zero-order chi connectivity index (χ0) is 17.7. The predicted octanol–water partition coefficient (Wildman–Crippen LogP) is 2.42. The topological polar surface area (TPSA) is 87.4 Å². The van der Waals surface area contributed by atoms with Crippen LogP contribution in [0.2, 0.25) is 0 Å². The summed E-state index contributed by atoms with van der Waals surface area (Å²) in [6, 6.07) is 0. The van der Waals surface area contributed by atoms with Crippen molar-refractivity contribution in [1.82, 2.24) is 25.4 Å². The number of aromatic nitrogens is 3. The average Bonchev–Trinajstić information content (AvgIpc) is 3.11. The largest absolute Gasteiger partial charge is 0.396 e.